The van der Waals surface area contributed by atoms with Gasteiger partial charge in [0, 0.05) is 36.4 Å². The lowest BCUT2D eigenvalue weighted by Gasteiger charge is -2.04. The molecular weight excluding hydrogens is 308 g/mol. The van der Waals surface area contributed by atoms with Crippen molar-refractivity contribution < 1.29 is 13.9 Å². The third kappa shape index (κ3) is 3.75. The van der Waals surface area contributed by atoms with E-state index in [1.165, 1.54) is 13.3 Å². The van der Waals surface area contributed by atoms with E-state index in [1.807, 2.05) is 30.3 Å². The lowest BCUT2D eigenvalue weighted by atomic mass is 10.2. The first kappa shape index (κ1) is 15.7. The summed E-state index contributed by atoms with van der Waals surface area (Å²) in [4.78, 5) is 16.0. The fourth-order valence-corrected chi connectivity index (χ4v) is 2.10. The Hall–Kier alpha value is -3.22. The second kappa shape index (κ2) is 7.36. The van der Waals surface area contributed by atoms with Crippen LogP contribution in [-0.2, 0) is 6.42 Å². The molecule has 0 fully saturated rings. The highest BCUT2D eigenvalue weighted by Crippen LogP contribution is 2.16. The number of pyridine rings is 1. The van der Waals surface area contributed by atoms with E-state index in [-0.39, 0.29) is 5.91 Å². The van der Waals surface area contributed by atoms with Gasteiger partial charge in [-0.25, -0.2) is 4.98 Å². The second-order valence-corrected chi connectivity index (χ2v) is 4.96. The number of rotatable bonds is 6. The van der Waals surface area contributed by atoms with Gasteiger partial charge in [-0.3, -0.25) is 4.79 Å². The van der Waals surface area contributed by atoms with Gasteiger partial charge in [-0.05, 0) is 18.2 Å². The molecule has 0 aliphatic heterocycles. The highest BCUT2D eigenvalue weighted by atomic mass is 16.5. The van der Waals surface area contributed by atoms with Crippen molar-refractivity contribution in [3.05, 3.63) is 60.1 Å². The number of amides is 1. The first-order valence-electron chi connectivity index (χ1n) is 7.42. The van der Waals surface area contributed by atoms with Gasteiger partial charge in [-0.1, -0.05) is 18.2 Å². The van der Waals surface area contributed by atoms with Gasteiger partial charge in [-0.15, -0.1) is 10.2 Å². The predicted molar refractivity (Wildman–Crippen MR) is 86.6 cm³/mol. The zero-order valence-electron chi connectivity index (χ0n) is 13.1. The summed E-state index contributed by atoms with van der Waals surface area (Å²) >= 11 is 0. The molecule has 0 radical (unpaired) electrons. The van der Waals surface area contributed by atoms with E-state index in [0.29, 0.717) is 36.2 Å². The van der Waals surface area contributed by atoms with Crippen molar-refractivity contribution in [2.45, 2.75) is 6.42 Å². The molecule has 0 bridgehead atoms. The molecule has 7 nitrogen and oxygen atoms in total. The Bertz CT molecular complexity index is 817. The number of nitrogens with zero attached hydrogens (tertiary/aromatic N) is 3. The quantitative estimate of drug-likeness (QED) is 0.747. The average molecular weight is 324 g/mol. The molecule has 0 saturated heterocycles. The maximum absolute atomic E-state index is 12.1. The molecule has 7 heteroatoms. The average Bonchev–Trinajstić information content (AvgIpc) is 3.11. The first-order chi connectivity index (χ1) is 11.8. The van der Waals surface area contributed by atoms with Gasteiger partial charge in [0.1, 0.15) is 0 Å². The first-order valence-corrected chi connectivity index (χ1v) is 7.42. The van der Waals surface area contributed by atoms with Gasteiger partial charge in [0.2, 0.25) is 17.7 Å². The number of methoxy groups -OCH3 is 1. The largest absolute Gasteiger partial charge is 0.481 e. The van der Waals surface area contributed by atoms with Crippen LogP contribution < -0.4 is 10.1 Å². The minimum Gasteiger partial charge on any atom is -0.481 e. The summed E-state index contributed by atoms with van der Waals surface area (Å²) in [6, 6.07) is 12.7. The van der Waals surface area contributed by atoms with Crippen molar-refractivity contribution in [1.29, 1.82) is 0 Å². The number of hydrogen-bond donors (Lipinski definition) is 1. The minimum absolute atomic E-state index is 0.210. The smallest absolute Gasteiger partial charge is 0.251 e. The van der Waals surface area contributed by atoms with Gasteiger partial charge >= 0.3 is 0 Å². The molecular formula is C17H16N4O3. The molecule has 0 saturated carbocycles. The maximum atomic E-state index is 12.1. The number of carbonyl (C=O) groups is 1. The fraction of sp³-hybridized carbons (Fsp3) is 0.176. The molecule has 2 aromatic heterocycles. The summed E-state index contributed by atoms with van der Waals surface area (Å²) in [5, 5.41) is 10.8. The van der Waals surface area contributed by atoms with Crippen LogP contribution in [0.3, 0.4) is 0 Å². The van der Waals surface area contributed by atoms with Gasteiger partial charge in [-0.2, -0.15) is 0 Å². The molecule has 0 unspecified atom stereocenters. The highest BCUT2D eigenvalue weighted by molar-refractivity contribution is 5.94. The van der Waals surface area contributed by atoms with E-state index in [9.17, 15) is 4.79 Å². The predicted octanol–water partition coefficient (Wildman–Crippen LogP) is 2.11. The van der Waals surface area contributed by atoms with E-state index in [1.54, 1.807) is 12.1 Å². The van der Waals surface area contributed by atoms with Crippen LogP contribution in [0.15, 0.2) is 53.1 Å². The van der Waals surface area contributed by atoms with E-state index >= 15 is 0 Å². The number of benzene rings is 1. The molecule has 24 heavy (non-hydrogen) atoms. The summed E-state index contributed by atoms with van der Waals surface area (Å²) in [5.41, 5.74) is 1.35. The molecule has 0 aliphatic carbocycles. The zero-order chi connectivity index (χ0) is 16.8. The standard InChI is InChI=1S/C17H16N4O3/c1-23-15-11-13(7-9-18-15)16(22)19-10-8-14-20-21-17(24-14)12-5-3-2-4-6-12/h2-7,9,11H,8,10H2,1H3,(H,19,22). The summed E-state index contributed by atoms with van der Waals surface area (Å²) < 4.78 is 10.6. The third-order valence-electron chi connectivity index (χ3n) is 3.32. The Labute approximate surface area is 138 Å². The van der Waals surface area contributed by atoms with Crippen LogP contribution >= 0.6 is 0 Å². The highest BCUT2D eigenvalue weighted by Gasteiger charge is 2.10. The Morgan fingerprint density at radius 2 is 2.04 bits per heavy atom. The molecule has 0 spiro atoms. The lowest BCUT2D eigenvalue weighted by Crippen LogP contribution is -2.25. The summed E-state index contributed by atoms with van der Waals surface area (Å²) in [7, 11) is 1.50. The number of carbonyl (C=O) groups excluding carboxylic acids is 1. The second-order valence-electron chi connectivity index (χ2n) is 4.96. The van der Waals surface area contributed by atoms with Gasteiger partial charge in [0.15, 0.2) is 0 Å². The monoisotopic (exact) mass is 324 g/mol. The van der Waals surface area contributed by atoms with Crippen molar-refractivity contribution in [1.82, 2.24) is 20.5 Å². The number of nitrogens with one attached hydrogen (secondary N) is 1. The summed E-state index contributed by atoms with van der Waals surface area (Å²) in [6.07, 6.45) is 1.98. The van der Waals surface area contributed by atoms with E-state index in [0.717, 1.165) is 5.56 Å². The van der Waals surface area contributed by atoms with Crippen LogP contribution in [-0.4, -0.2) is 34.7 Å². The molecule has 2 heterocycles. The van der Waals surface area contributed by atoms with Gasteiger partial charge < -0.3 is 14.5 Å². The Kier molecular flexibility index (Phi) is 4.81. The summed E-state index contributed by atoms with van der Waals surface area (Å²) in [5.74, 6) is 1.13. The molecule has 122 valence electrons. The van der Waals surface area contributed by atoms with Crippen molar-refractivity contribution in [3.63, 3.8) is 0 Å². The number of aromatic nitrogens is 3. The Morgan fingerprint density at radius 1 is 1.21 bits per heavy atom. The Balaban J connectivity index is 1.55. The molecule has 0 atom stereocenters. The van der Waals surface area contributed by atoms with Crippen molar-refractivity contribution in [2.24, 2.45) is 0 Å². The maximum Gasteiger partial charge on any atom is 0.251 e. The van der Waals surface area contributed by atoms with Crippen molar-refractivity contribution >= 4 is 5.91 Å². The Morgan fingerprint density at radius 3 is 2.83 bits per heavy atom. The van der Waals surface area contributed by atoms with Crippen LogP contribution in [0.1, 0.15) is 16.2 Å². The fourth-order valence-electron chi connectivity index (χ4n) is 2.10. The summed E-state index contributed by atoms with van der Waals surface area (Å²) in [6.45, 7) is 0.389. The molecule has 1 aromatic carbocycles. The van der Waals surface area contributed by atoms with E-state index < -0.39 is 0 Å². The SMILES string of the molecule is COc1cc(C(=O)NCCc2nnc(-c3ccccc3)o2)ccn1. The number of ether oxygens (including phenoxy) is 1. The zero-order valence-corrected chi connectivity index (χ0v) is 13.1. The number of hydrogen-bond acceptors (Lipinski definition) is 6. The van der Waals surface area contributed by atoms with E-state index in [2.05, 4.69) is 20.5 Å². The van der Waals surface area contributed by atoms with Crippen molar-refractivity contribution in [3.8, 4) is 17.3 Å². The van der Waals surface area contributed by atoms with Gasteiger partial charge in [0.25, 0.3) is 5.91 Å². The molecule has 3 aromatic rings. The minimum atomic E-state index is -0.210. The molecule has 0 aliphatic rings. The third-order valence-corrected chi connectivity index (χ3v) is 3.32. The lowest BCUT2D eigenvalue weighted by molar-refractivity contribution is 0.0953. The van der Waals surface area contributed by atoms with Crippen molar-refractivity contribution in [2.75, 3.05) is 13.7 Å². The molecule has 3 rings (SSSR count). The normalized spacial score (nSPS) is 10.4. The van der Waals surface area contributed by atoms with Crippen LogP contribution in [0.4, 0.5) is 0 Å². The van der Waals surface area contributed by atoms with Crippen LogP contribution in [0.5, 0.6) is 5.88 Å². The molecule has 1 N–H and O–H groups in total. The molecule has 1 amide bonds. The van der Waals surface area contributed by atoms with Gasteiger partial charge in [0.05, 0.1) is 7.11 Å². The van der Waals surface area contributed by atoms with Crippen LogP contribution in [0, 0.1) is 0 Å². The topological polar surface area (TPSA) is 90.1 Å². The van der Waals surface area contributed by atoms with E-state index in [4.69, 9.17) is 9.15 Å². The van der Waals surface area contributed by atoms with Crippen LogP contribution in [0.25, 0.3) is 11.5 Å². The van der Waals surface area contributed by atoms with Crippen LogP contribution in [0.2, 0.25) is 0 Å².